The molecule has 1 saturated heterocycles. The van der Waals surface area contributed by atoms with Crippen LogP contribution in [0.3, 0.4) is 0 Å². The highest BCUT2D eigenvalue weighted by Crippen LogP contribution is 2.59. The van der Waals surface area contributed by atoms with Gasteiger partial charge in [0.05, 0.1) is 5.69 Å². The van der Waals surface area contributed by atoms with Crippen molar-refractivity contribution in [1.29, 1.82) is 0 Å². The molecule has 2 aliphatic rings. The lowest BCUT2D eigenvalue weighted by Gasteiger charge is -2.24. The Morgan fingerprint density at radius 2 is 1.92 bits per heavy atom. The van der Waals surface area contributed by atoms with Crippen molar-refractivity contribution in [2.75, 3.05) is 13.1 Å². The molecule has 2 N–H and O–H groups in total. The van der Waals surface area contributed by atoms with Gasteiger partial charge in [-0.05, 0) is 55.8 Å². The number of piperidine rings is 1. The Hall–Kier alpha value is -4.05. The van der Waals surface area contributed by atoms with Crippen molar-refractivity contribution < 1.29 is 18.4 Å². The molecular formula is C28H29FN6O3. The second-order valence-corrected chi connectivity index (χ2v) is 11.1. The summed E-state index contributed by atoms with van der Waals surface area (Å²) in [5.41, 5.74) is 9.59. The molecule has 0 radical (unpaired) electrons. The molecule has 2 fully saturated rings. The SMILES string of the molecule is Cn1nc(-c2ccon2)cc1C(=O)N1C[C@H]2[C@H](Oc3cc(C(C)(C)N)cc(-c4ccc(F)cc4)n3)[C@@]2(C)C1. The standard InChI is InChI=1S/C28H29FN6O3/c1-27(2,30)17-11-21(16-5-7-18(29)8-6-16)31-24(12-17)38-25-19-14-35(15-28(19,25)3)26(36)23-13-22(32-34(23)4)20-9-10-37-33-20/h5-13,19,25H,14-15,30H2,1-4H3/t19-,25-,28-/m0/s1. The number of rotatable bonds is 6. The van der Waals surface area contributed by atoms with Crippen LogP contribution in [0.5, 0.6) is 5.88 Å². The molecule has 3 aromatic heterocycles. The Kier molecular flexibility index (Phi) is 5.43. The van der Waals surface area contributed by atoms with E-state index in [2.05, 4.69) is 17.2 Å². The molecule has 1 aromatic carbocycles. The minimum atomic E-state index is -0.615. The zero-order chi connectivity index (χ0) is 26.8. The number of carbonyl (C=O) groups excluding carboxylic acids is 1. The van der Waals surface area contributed by atoms with Gasteiger partial charge in [0.2, 0.25) is 5.88 Å². The lowest BCUT2D eigenvalue weighted by Crippen LogP contribution is -2.36. The first-order chi connectivity index (χ1) is 18.0. The lowest BCUT2D eigenvalue weighted by molar-refractivity contribution is 0.0721. The van der Waals surface area contributed by atoms with Gasteiger partial charge < -0.3 is 19.9 Å². The third-order valence-electron chi connectivity index (χ3n) is 7.72. The Morgan fingerprint density at radius 3 is 2.55 bits per heavy atom. The molecule has 1 aliphatic heterocycles. The molecule has 0 bridgehead atoms. The summed E-state index contributed by atoms with van der Waals surface area (Å²) in [6.07, 6.45) is 1.40. The lowest BCUT2D eigenvalue weighted by atomic mass is 9.95. The number of aromatic nitrogens is 4. The van der Waals surface area contributed by atoms with Crippen LogP contribution < -0.4 is 10.5 Å². The summed E-state index contributed by atoms with van der Waals surface area (Å²) >= 11 is 0. The van der Waals surface area contributed by atoms with Gasteiger partial charge >= 0.3 is 0 Å². The number of benzene rings is 1. The maximum atomic E-state index is 13.5. The van der Waals surface area contributed by atoms with E-state index in [1.165, 1.54) is 18.4 Å². The Balaban J connectivity index is 1.19. The normalized spacial score (nSPS) is 22.4. The Bertz CT molecular complexity index is 1510. The van der Waals surface area contributed by atoms with Crippen LogP contribution in [0.25, 0.3) is 22.6 Å². The number of hydrogen-bond donors (Lipinski definition) is 1. The molecule has 6 rings (SSSR count). The summed E-state index contributed by atoms with van der Waals surface area (Å²) in [7, 11) is 1.75. The van der Waals surface area contributed by atoms with Crippen LogP contribution in [0.1, 0.15) is 36.8 Å². The van der Waals surface area contributed by atoms with Gasteiger partial charge in [-0.2, -0.15) is 5.10 Å². The third kappa shape index (κ3) is 4.14. The predicted octanol–water partition coefficient (Wildman–Crippen LogP) is 4.01. The number of carbonyl (C=O) groups is 1. The van der Waals surface area contributed by atoms with Crippen LogP contribution in [0.2, 0.25) is 0 Å². The van der Waals surface area contributed by atoms with Gasteiger partial charge in [-0.3, -0.25) is 9.48 Å². The van der Waals surface area contributed by atoms with Crippen molar-refractivity contribution >= 4 is 5.91 Å². The highest BCUT2D eigenvalue weighted by Gasteiger charge is 2.69. The van der Waals surface area contributed by atoms with Crippen LogP contribution in [0.4, 0.5) is 4.39 Å². The quantitative estimate of drug-likeness (QED) is 0.412. The predicted molar refractivity (Wildman–Crippen MR) is 137 cm³/mol. The zero-order valence-electron chi connectivity index (χ0n) is 21.7. The van der Waals surface area contributed by atoms with E-state index in [1.54, 1.807) is 36.0 Å². The smallest absolute Gasteiger partial charge is 0.272 e. The van der Waals surface area contributed by atoms with Gasteiger partial charge in [-0.15, -0.1) is 0 Å². The fraction of sp³-hybridized carbons (Fsp3) is 0.357. The zero-order valence-corrected chi connectivity index (χ0v) is 21.7. The summed E-state index contributed by atoms with van der Waals surface area (Å²) in [5, 5.41) is 8.32. The van der Waals surface area contributed by atoms with Crippen LogP contribution in [-0.2, 0) is 12.6 Å². The van der Waals surface area contributed by atoms with Crippen molar-refractivity contribution in [1.82, 2.24) is 24.8 Å². The molecule has 3 atom stereocenters. The number of aryl methyl sites for hydroxylation is 1. The van der Waals surface area contributed by atoms with Crippen molar-refractivity contribution in [2.45, 2.75) is 32.4 Å². The first-order valence-electron chi connectivity index (χ1n) is 12.5. The number of hydrogen-bond acceptors (Lipinski definition) is 7. The van der Waals surface area contributed by atoms with Gasteiger partial charge in [0.25, 0.3) is 5.91 Å². The maximum Gasteiger partial charge on any atom is 0.272 e. The van der Waals surface area contributed by atoms with Crippen LogP contribution in [-0.4, -0.2) is 49.9 Å². The van der Waals surface area contributed by atoms with E-state index in [4.69, 9.17) is 20.0 Å². The Morgan fingerprint density at radius 1 is 1.16 bits per heavy atom. The highest BCUT2D eigenvalue weighted by atomic mass is 19.1. The minimum absolute atomic E-state index is 0.0755. The first-order valence-corrected chi connectivity index (χ1v) is 12.5. The molecule has 196 valence electrons. The van der Waals surface area contributed by atoms with Gasteiger partial charge in [-0.25, -0.2) is 9.37 Å². The fourth-order valence-electron chi connectivity index (χ4n) is 5.35. The largest absolute Gasteiger partial charge is 0.473 e. The Labute approximate surface area is 219 Å². The van der Waals surface area contributed by atoms with Gasteiger partial charge in [0.1, 0.15) is 35.3 Å². The number of halogens is 1. The average Bonchev–Trinajstić information content (AvgIpc) is 3.41. The molecule has 4 aromatic rings. The second kappa shape index (κ2) is 8.49. The summed E-state index contributed by atoms with van der Waals surface area (Å²) in [6.45, 7) is 7.13. The van der Waals surface area contributed by atoms with Gasteiger partial charge in [0.15, 0.2) is 0 Å². The topological polar surface area (TPSA) is 112 Å². The summed E-state index contributed by atoms with van der Waals surface area (Å²) in [5.74, 6) is 0.271. The van der Waals surface area contributed by atoms with E-state index in [0.717, 1.165) is 11.1 Å². The molecule has 0 spiro atoms. The van der Waals surface area contributed by atoms with Gasteiger partial charge in [-0.1, -0.05) is 12.1 Å². The van der Waals surface area contributed by atoms with E-state index in [1.807, 2.05) is 30.9 Å². The number of likely N-dealkylation sites (tertiary alicyclic amines) is 1. The molecule has 38 heavy (non-hydrogen) atoms. The van der Waals surface area contributed by atoms with E-state index in [-0.39, 0.29) is 29.2 Å². The number of pyridine rings is 1. The first kappa shape index (κ1) is 24.3. The molecule has 10 heteroatoms. The number of nitrogens with zero attached hydrogens (tertiary/aromatic N) is 5. The molecular weight excluding hydrogens is 487 g/mol. The summed E-state index contributed by atoms with van der Waals surface area (Å²) < 4.78 is 26.4. The van der Waals surface area contributed by atoms with Crippen molar-refractivity contribution in [3.63, 3.8) is 0 Å². The van der Waals surface area contributed by atoms with E-state index >= 15 is 0 Å². The number of fused-ring (bicyclic) bond motifs is 1. The fourth-order valence-corrected chi connectivity index (χ4v) is 5.35. The van der Waals surface area contributed by atoms with E-state index < -0.39 is 5.54 Å². The van der Waals surface area contributed by atoms with Crippen LogP contribution in [0, 0.1) is 17.2 Å². The average molecular weight is 517 g/mol. The van der Waals surface area contributed by atoms with Crippen molar-refractivity contribution in [3.05, 3.63) is 71.9 Å². The molecule has 4 heterocycles. The highest BCUT2D eigenvalue weighted by molar-refractivity contribution is 5.94. The number of amides is 1. The monoisotopic (exact) mass is 516 g/mol. The molecule has 9 nitrogen and oxygen atoms in total. The molecule has 1 amide bonds. The molecule has 1 aliphatic carbocycles. The molecule has 1 saturated carbocycles. The van der Waals surface area contributed by atoms with Crippen molar-refractivity contribution in [2.24, 2.45) is 24.1 Å². The van der Waals surface area contributed by atoms with Crippen LogP contribution >= 0.6 is 0 Å². The van der Waals surface area contributed by atoms with Crippen molar-refractivity contribution in [3.8, 4) is 28.5 Å². The van der Waals surface area contributed by atoms with E-state index in [9.17, 15) is 9.18 Å². The van der Waals surface area contributed by atoms with Gasteiger partial charge in [0, 0.05) is 54.7 Å². The van der Waals surface area contributed by atoms with E-state index in [0.29, 0.717) is 41.7 Å². The van der Waals surface area contributed by atoms with Crippen LogP contribution in [0.15, 0.2) is 59.3 Å². The third-order valence-corrected chi connectivity index (χ3v) is 7.72. The number of nitrogens with two attached hydrogens (primary N) is 1. The summed E-state index contributed by atoms with van der Waals surface area (Å²) in [6, 6.07) is 13.4. The molecule has 0 unspecified atom stereocenters. The summed E-state index contributed by atoms with van der Waals surface area (Å²) in [4.78, 5) is 19.9. The second-order valence-electron chi connectivity index (χ2n) is 11.1. The minimum Gasteiger partial charge on any atom is -0.473 e. The maximum absolute atomic E-state index is 13.5. The number of ether oxygens (including phenoxy) is 1.